The SMILES string of the molecule is CCc1nc2c(C)cc(-c3ccc(CN4CCCC4)cc3)cn2c1NC(=O)OCc1cc(Cl)cc(Cl)c1. The number of halogens is 2. The molecule has 1 N–H and O–H groups in total. The lowest BCUT2D eigenvalue weighted by atomic mass is 10.0. The number of hydrogen-bond acceptors (Lipinski definition) is 4. The molecule has 1 fully saturated rings. The van der Waals surface area contributed by atoms with Crippen molar-refractivity contribution in [2.45, 2.75) is 46.3 Å². The monoisotopic (exact) mass is 536 g/mol. The first-order chi connectivity index (χ1) is 17.9. The number of fused-ring (bicyclic) bond motifs is 1. The Hall–Kier alpha value is -3.06. The van der Waals surface area contributed by atoms with E-state index in [9.17, 15) is 4.79 Å². The summed E-state index contributed by atoms with van der Waals surface area (Å²) in [7, 11) is 0. The van der Waals surface area contributed by atoms with Gasteiger partial charge in [-0.3, -0.25) is 14.6 Å². The van der Waals surface area contributed by atoms with Gasteiger partial charge in [0.25, 0.3) is 0 Å². The summed E-state index contributed by atoms with van der Waals surface area (Å²) in [6.45, 7) is 7.47. The number of aromatic nitrogens is 2. The van der Waals surface area contributed by atoms with E-state index in [0.29, 0.717) is 27.8 Å². The van der Waals surface area contributed by atoms with Gasteiger partial charge in [-0.05, 0) is 91.4 Å². The topological polar surface area (TPSA) is 58.9 Å². The van der Waals surface area contributed by atoms with Gasteiger partial charge in [-0.25, -0.2) is 9.78 Å². The fourth-order valence-electron chi connectivity index (χ4n) is 4.87. The molecule has 0 radical (unpaired) electrons. The molecule has 1 aliphatic heterocycles. The molecule has 192 valence electrons. The molecule has 0 unspecified atom stereocenters. The van der Waals surface area contributed by atoms with Crippen LogP contribution in [-0.4, -0.2) is 33.5 Å². The van der Waals surface area contributed by atoms with E-state index in [4.69, 9.17) is 32.9 Å². The average molecular weight is 537 g/mol. The van der Waals surface area contributed by atoms with Crippen LogP contribution in [0.4, 0.5) is 10.6 Å². The molecule has 6 nitrogen and oxygen atoms in total. The van der Waals surface area contributed by atoms with Crippen molar-refractivity contribution in [2.75, 3.05) is 18.4 Å². The minimum absolute atomic E-state index is 0.0539. The van der Waals surface area contributed by atoms with Gasteiger partial charge in [-0.2, -0.15) is 0 Å². The van der Waals surface area contributed by atoms with Gasteiger partial charge < -0.3 is 4.74 Å². The summed E-state index contributed by atoms with van der Waals surface area (Å²) in [6, 6.07) is 16.0. The number of imidazole rings is 1. The lowest BCUT2D eigenvalue weighted by molar-refractivity contribution is 0.155. The average Bonchev–Trinajstić information content (AvgIpc) is 3.51. The molecule has 0 bridgehead atoms. The Balaban J connectivity index is 1.37. The first kappa shape index (κ1) is 25.6. The molecule has 1 amide bonds. The minimum atomic E-state index is -0.568. The van der Waals surface area contributed by atoms with Gasteiger partial charge in [0.05, 0.1) is 5.69 Å². The number of nitrogens with one attached hydrogen (secondary N) is 1. The number of nitrogens with zero attached hydrogens (tertiary/aromatic N) is 3. The van der Waals surface area contributed by atoms with Crippen molar-refractivity contribution in [3.05, 3.63) is 87.2 Å². The molecule has 0 spiro atoms. The molecular weight excluding hydrogens is 507 g/mol. The molecule has 2 aromatic heterocycles. The molecule has 0 saturated carbocycles. The van der Waals surface area contributed by atoms with Crippen molar-refractivity contribution in [1.29, 1.82) is 0 Å². The second-order valence-corrected chi connectivity index (χ2v) is 10.4. The smallest absolute Gasteiger partial charge is 0.413 e. The lowest BCUT2D eigenvalue weighted by Crippen LogP contribution is -2.18. The number of carbonyl (C=O) groups is 1. The van der Waals surface area contributed by atoms with E-state index >= 15 is 0 Å². The third-order valence-corrected chi connectivity index (χ3v) is 7.15. The maximum absolute atomic E-state index is 12.7. The minimum Gasteiger partial charge on any atom is -0.444 e. The van der Waals surface area contributed by atoms with E-state index in [1.54, 1.807) is 18.2 Å². The number of benzene rings is 2. The highest BCUT2D eigenvalue weighted by molar-refractivity contribution is 6.34. The number of pyridine rings is 1. The lowest BCUT2D eigenvalue weighted by Gasteiger charge is -2.15. The van der Waals surface area contributed by atoms with E-state index in [-0.39, 0.29) is 6.61 Å². The highest BCUT2D eigenvalue weighted by Gasteiger charge is 2.18. The molecule has 37 heavy (non-hydrogen) atoms. The Morgan fingerprint density at radius 3 is 2.38 bits per heavy atom. The van der Waals surface area contributed by atoms with Crippen LogP contribution in [0.25, 0.3) is 16.8 Å². The number of anilines is 1. The number of likely N-dealkylation sites (tertiary alicyclic amines) is 1. The van der Waals surface area contributed by atoms with Crippen molar-refractivity contribution in [3.63, 3.8) is 0 Å². The zero-order chi connectivity index (χ0) is 25.9. The fraction of sp³-hybridized carbons (Fsp3) is 0.310. The molecule has 1 saturated heterocycles. The zero-order valence-corrected chi connectivity index (χ0v) is 22.6. The molecular formula is C29H30Cl2N4O2. The Bertz CT molecular complexity index is 1410. The van der Waals surface area contributed by atoms with Gasteiger partial charge in [-0.15, -0.1) is 0 Å². The van der Waals surface area contributed by atoms with Crippen molar-refractivity contribution in [3.8, 4) is 11.1 Å². The molecule has 2 aromatic carbocycles. The Morgan fingerprint density at radius 2 is 1.70 bits per heavy atom. The Kier molecular flexibility index (Phi) is 7.70. The molecule has 0 aliphatic carbocycles. The predicted molar refractivity (Wildman–Crippen MR) is 150 cm³/mol. The number of hydrogen-bond donors (Lipinski definition) is 1. The van der Waals surface area contributed by atoms with Gasteiger partial charge in [0, 0.05) is 22.8 Å². The maximum atomic E-state index is 12.7. The third-order valence-electron chi connectivity index (χ3n) is 6.72. The van der Waals surface area contributed by atoms with E-state index in [2.05, 4.69) is 40.5 Å². The van der Waals surface area contributed by atoms with Gasteiger partial charge in [0.15, 0.2) is 0 Å². The van der Waals surface area contributed by atoms with Crippen molar-refractivity contribution in [2.24, 2.45) is 0 Å². The van der Waals surface area contributed by atoms with Crippen LogP contribution in [0.2, 0.25) is 10.0 Å². The second-order valence-electron chi connectivity index (χ2n) is 9.53. The van der Waals surface area contributed by atoms with Crippen LogP contribution < -0.4 is 5.32 Å². The standard InChI is InChI=1S/C29H30Cl2N4O2/c1-3-26-28(33-29(36)37-18-21-13-24(30)15-25(31)14-21)35-17-23(12-19(2)27(35)32-26)22-8-6-20(7-9-22)16-34-10-4-5-11-34/h6-9,12-15,17H,3-5,10-11,16,18H2,1-2H3,(H,33,36). The van der Waals surface area contributed by atoms with Crippen LogP contribution in [0.5, 0.6) is 0 Å². The quantitative estimate of drug-likeness (QED) is 0.265. The van der Waals surface area contributed by atoms with Gasteiger partial charge >= 0.3 is 6.09 Å². The summed E-state index contributed by atoms with van der Waals surface area (Å²) in [5.41, 5.74) is 6.85. The number of amides is 1. The summed E-state index contributed by atoms with van der Waals surface area (Å²) < 4.78 is 7.40. The van der Waals surface area contributed by atoms with Crippen LogP contribution in [0.15, 0.2) is 54.7 Å². The summed E-state index contributed by atoms with van der Waals surface area (Å²) in [5.74, 6) is 0.613. The summed E-state index contributed by atoms with van der Waals surface area (Å²) >= 11 is 12.1. The second kappa shape index (κ2) is 11.1. The summed E-state index contributed by atoms with van der Waals surface area (Å²) in [4.78, 5) is 20.0. The first-order valence-electron chi connectivity index (χ1n) is 12.6. The maximum Gasteiger partial charge on any atom is 0.413 e. The molecule has 8 heteroatoms. The van der Waals surface area contributed by atoms with Crippen LogP contribution in [0.1, 0.15) is 42.1 Å². The van der Waals surface area contributed by atoms with Crippen LogP contribution in [0, 0.1) is 6.92 Å². The fourth-order valence-corrected chi connectivity index (χ4v) is 5.44. The molecule has 1 aliphatic rings. The molecule has 5 rings (SSSR count). The van der Waals surface area contributed by atoms with Gasteiger partial charge in [0.1, 0.15) is 18.1 Å². The molecule has 3 heterocycles. The number of carbonyl (C=O) groups excluding carboxylic acids is 1. The Morgan fingerprint density at radius 1 is 1.00 bits per heavy atom. The van der Waals surface area contributed by atoms with Crippen LogP contribution in [-0.2, 0) is 24.3 Å². The van der Waals surface area contributed by atoms with E-state index in [1.165, 1.54) is 31.5 Å². The third kappa shape index (κ3) is 5.93. The molecule has 0 atom stereocenters. The normalized spacial score (nSPS) is 13.8. The zero-order valence-electron chi connectivity index (χ0n) is 21.1. The van der Waals surface area contributed by atoms with Crippen LogP contribution >= 0.6 is 23.2 Å². The Labute approximate surface area is 227 Å². The van der Waals surface area contributed by atoms with Gasteiger partial charge in [0.2, 0.25) is 0 Å². The van der Waals surface area contributed by atoms with E-state index < -0.39 is 6.09 Å². The van der Waals surface area contributed by atoms with Crippen molar-refractivity contribution in [1.82, 2.24) is 14.3 Å². The number of aryl methyl sites for hydroxylation is 2. The van der Waals surface area contributed by atoms with Crippen molar-refractivity contribution < 1.29 is 9.53 Å². The predicted octanol–water partition coefficient (Wildman–Crippen LogP) is 7.52. The largest absolute Gasteiger partial charge is 0.444 e. The number of ether oxygens (including phenoxy) is 1. The van der Waals surface area contributed by atoms with Crippen molar-refractivity contribution >= 4 is 40.8 Å². The van der Waals surface area contributed by atoms with Gasteiger partial charge in [-0.1, -0.05) is 54.4 Å². The van der Waals surface area contributed by atoms with E-state index in [0.717, 1.165) is 34.6 Å². The summed E-state index contributed by atoms with van der Waals surface area (Å²) in [6.07, 6.45) is 4.71. The first-order valence-corrected chi connectivity index (χ1v) is 13.4. The van der Waals surface area contributed by atoms with Crippen LogP contribution in [0.3, 0.4) is 0 Å². The summed E-state index contributed by atoms with van der Waals surface area (Å²) in [5, 5.41) is 3.90. The van der Waals surface area contributed by atoms with E-state index in [1.807, 2.05) is 24.4 Å². The highest BCUT2D eigenvalue weighted by Crippen LogP contribution is 2.28. The molecule has 4 aromatic rings. The number of rotatable bonds is 7. The highest BCUT2D eigenvalue weighted by atomic mass is 35.5.